The lowest BCUT2D eigenvalue weighted by molar-refractivity contribution is -0.141. The van der Waals surface area contributed by atoms with Crippen LogP contribution in [0.4, 0.5) is 0 Å². The fourth-order valence-corrected chi connectivity index (χ4v) is 5.80. The normalized spacial score (nSPS) is 24.3. The highest BCUT2D eigenvalue weighted by Crippen LogP contribution is 2.35. The summed E-state index contributed by atoms with van der Waals surface area (Å²) < 4.78 is 1.20. The van der Waals surface area contributed by atoms with Gasteiger partial charge in [0, 0.05) is 39.1 Å². The topological polar surface area (TPSA) is 73.8 Å². The number of carbonyl (C=O) groups is 3. The number of aromatic nitrogens is 1. The van der Waals surface area contributed by atoms with Gasteiger partial charge in [-0.2, -0.15) is 0 Å². The Balaban J connectivity index is 1.10. The summed E-state index contributed by atoms with van der Waals surface area (Å²) in [6.45, 7) is 3.95. The molecular formula is C23H26N4O3S. The highest BCUT2D eigenvalue weighted by molar-refractivity contribution is 7.18. The van der Waals surface area contributed by atoms with Crippen LogP contribution >= 0.6 is 11.3 Å². The second kappa shape index (κ2) is 8.51. The smallest absolute Gasteiger partial charge is 0.233 e. The van der Waals surface area contributed by atoms with Crippen molar-refractivity contribution >= 4 is 39.3 Å². The third kappa shape index (κ3) is 4.02. The average Bonchev–Trinajstić information content (AvgIpc) is 3.31. The summed E-state index contributed by atoms with van der Waals surface area (Å²) in [5.41, 5.74) is 1.04. The molecule has 0 unspecified atom stereocenters. The van der Waals surface area contributed by atoms with E-state index in [1.54, 1.807) is 11.3 Å². The van der Waals surface area contributed by atoms with Crippen molar-refractivity contribution < 1.29 is 14.4 Å². The molecule has 3 aliphatic rings. The number of hydrogen-bond donors (Lipinski definition) is 0. The van der Waals surface area contributed by atoms with Crippen molar-refractivity contribution in [3.8, 4) is 0 Å². The third-order valence-electron chi connectivity index (χ3n) is 6.57. The van der Waals surface area contributed by atoms with Crippen molar-refractivity contribution in [3.63, 3.8) is 0 Å². The van der Waals surface area contributed by atoms with Crippen molar-refractivity contribution in [3.05, 3.63) is 41.4 Å². The lowest BCUT2D eigenvalue weighted by Gasteiger charge is -2.34. The number of carbonyl (C=O) groups excluding carboxylic acids is 3. The summed E-state index contributed by atoms with van der Waals surface area (Å²) in [6.07, 6.45) is 5.44. The van der Waals surface area contributed by atoms with Gasteiger partial charge in [0.1, 0.15) is 5.01 Å². The van der Waals surface area contributed by atoms with E-state index in [9.17, 15) is 14.4 Å². The molecule has 0 saturated carbocycles. The summed E-state index contributed by atoms with van der Waals surface area (Å²) in [4.78, 5) is 48.0. The Kier molecular flexibility index (Phi) is 5.58. The molecule has 7 nitrogen and oxygen atoms in total. The molecule has 162 valence electrons. The van der Waals surface area contributed by atoms with Gasteiger partial charge in [0.15, 0.2) is 0 Å². The molecule has 0 spiro atoms. The molecule has 1 aliphatic carbocycles. The summed E-state index contributed by atoms with van der Waals surface area (Å²) in [7, 11) is 0. The molecule has 1 aromatic heterocycles. The number of likely N-dealkylation sites (tertiary alicyclic amines) is 1. The standard InChI is InChI=1S/C23H26N4O3S/c28-21(9-10-27-22(29)16-5-1-2-6-17(16)23(27)30)26-13-11-25(12-14-26)15-20-24-18-7-3-4-8-19(18)31-20/h1-4,7-8,16-17H,5-6,9-15H2/t16-,17+. The summed E-state index contributed by atoms with van der Waals surface area (Å²) in [6, 6.07) is 8.16. The van der Waals surface area contributed by atoms with Gasteiger partial charge >= 0.3 is 0 Å². The molecule has 8 heteroatoms. The lowest BCUT2D eigenvalue weighted by Crippen LogP contribution is -2.49. The first-order valence-corrected chi connectivity index (χ1v) is 11.8. The maximum absolute atomic E-state index is 12.7. The van der Waals surface area contributed by atoms with E-state index >= 15 is 0 Å². The van der Waals surface area contributed by atoms with Crippen LogP contribution in [0.15, 0.2) is 36.4 Å². The Morgan fingerprint density at radius 2 is 1.68 bits per heavy atom. The van der Waals surface area contributed by atoms with Gasteiger partial charge in [0.2, 0.25) is 17.7 Å². The van der Waals surface area contributed by atoms with Crippen molar-refractivity contribution in [2.24, 2.45) is 11.8 Å². The first-order chi connectivity index (χ1) is 15.1. The van der Waals surface area contributed by atoms with Crippen LogP contribution < -0.4 is 0 Å². The van der Waals surface area contributed by atoms with Gasteiger partial charge in [0.25, 0.3) is 0 Å². The van der Waals surface area contributed by atoms with Crippen LogP contribution in [0.5, 0.6) is 0 Å². The molecule has 1 aromatic carbocycles. The van der Waals surface area contributed by atoms with Crippen LogP contribution in [0.25, 0.3) is 10.2 Å². The number of thiazole rings is 1. The molecule has 5 rings (SSSR count). The Morgan fingerprint density at radius 3 is 2.35 bits per heavy atom. The minimum Gasteiger partial charge on any atom is -0.340 e. The highest BCUT2D eigenvalue weighted by atomic mass is 32.1. The van der Waals surface area contributed by atoms with Crippen molar-refractivity contribution in [2.45, 2.75) is 25.8 Å². The molecule has 0 N–H and O–H groups in total. The monoisotopic (exact) mass is 438 g/mol. The van der Waals surface area contributed by atoms with E-state index in [0.29, 0.717) is 25.9 Å². The molecule has 2 aliphatic heterocycles. The summed E-state index contributed by atoms with van der Waals surface area (Å²) >= 11 is 1.72. The SMILES string of the molecule is O=C(CCN1C(=O)[C@H]2CC=CC[C@H]2C1=O)N1CCN(Cc2nc3ccccc3s2)CC1. The van der Waals surface area contributed by atoms with E-state index in [4.69, 9.17) is 4.98 Å². The van der Waals surface area contributed by atoms with Crippen molar-refractivity contribution in [2.75, 3.05) is 32.7 Å². The van der Waals surface area contributed by atoms with Crippen LogP contribution in [-0.4, -0.2) is 70.1 Å². The quantitative estimate of drug-likeness (QED) is 0.529. The maximum Gasteiger partial charge on any atom is 0.233 e. The van der Waals surface area contributed by atoms with Crippen LogP contribution in [0, 0.1) is 11.8 Å². The number of hydrogen-bond acceptors (Lipinski definition) is 6. The number of nitrogens with zero attached hydrogens (tertiary/aromatic N) is 4. The zero-order chi connectivity index (χ0) is 21.4. The Bertz CT molecular complexity index is 981. The largest absolute Gasteiger partial charge is 0.340 e. The van der Waals surface area contributed by atoms with Gasteiger partial charge in [0.05, 0.1) is 28.6 Å². The molecule has 0 bridgehead atoms. The molecule has 2 aromatic rings. The van der Waals surface area contributed by atoms with Crippen molar-refractivity contribution in [1.29, 1.82) is 0 Å². The Hall–Kier alpha value is -2.58. The van der Waals surface area contributed by atoms with E-state index in [2.05, 4.69) is 11.0 Å². The fourth-order valence-electron chi connectivity index (χ4n) is 4.79. The number of piperazine rings is 1. The summed E-state index contributed by atoms with van der Waals surface area (Å²) in [5, 5.41) is 1.10. The van der Waals surface area contributed by atoms with E-state index < -0.39 is 0 Å². The molecule has 3 heterocycles. The van der Waals surface area contributed by atoms with Gasteiger partial charge in [-0.25, -0.2) is 4.98 Å². The second-order valence-electron chi connectivity index (χ2n) is 8.47. The molecule has 2 atom stereocenters. The maximum atomic E-state index is 12.7. The van der Waals surface area contributed by atoms with Crippen LogP contribution in [0.2, 0.25) is 0 Å². The number of para-hydroxylation sites is 1. The molecule has 0 radical (unpaired) electrons. The number of allylic oxidation sites excluding steroid dienone is 2. The predicted molar refractivity (Wildman–Crippen MR) is 118 cm³/mol. The van der Waals surface area contributed by atoms with Gasteiger partial charge in [-0.3, -0.25) is 24.2 Å². The van der Waals surface area contributed by atoms with Crippen LogP contribution in [-0.2, 0) is 20.9 Å². The van der Waals surface area contributed by atoms with Gasteiger partial charge < -0.3 is 4.90 Å². The first-order valence-electron chi connectivity index (χ1n) is 10.9. The zero-order valence-corrected chi connectivity index (χ0v) is 18.2. The number of amides is 3. The van der Waals surface area contributed by atoms with Crippen LogP contribution in [0.1, 0.15) is 24.3 Å². The van der Waals surface area contributed by atoms with Crippen molar-refractivity contribution in [1.82, 2.24) is 19.7 Å². The van der Waals surface area contributed by atoms with Gasteiger partial charge in [-0.1, -0.05) is 24.3 Å². The van der Waals surface area contributed by atoms with Crippen LogP contribution in [0.3, 0.4) is 0 Å². The molecule has 2 saturated heterocycles. The second-order valence-corrected chi connectivity index (χ2v) is 9.58. The molecular weight excluding hydrogens is 412 g/mol. The minimum atomic E-state index is -0.223. The molecule has 3 amide bonds. The lowest BCUT2D eigenvalue weighted by atomic mass is 9.85. The number of fused-ring (bicyclic) bond motifs is 2. The minimum absolute atomic E-state index is 0.0215. The number of benzene rings is 1. The highest BCUT2D eigenvalue weighted by Gasteiger charge is 2.47. The number of imide groups is 1. The average molecular weight is 439 g/mol. The van der Waals surface area contributed by atoms with E-state index in [0.717, 1.165) is 30.2 Å². The predicted octanol–water partition coefficient (Wildman–Crippen LogP) is 2.28. The third-order valence-corrected chi connectivity index (χ3v) is 7.59. The number of rotatable bonds is 5. The molecule has 2 fully saturated rings. The molecule has 31 heavy (non-hydrogen) atoms. The summed E-state index contributed by atoms with van der Waals surface area (Å²) in [5.74, 6) is -0.633. The van der Waals surface area contributed by atoms with Gasteiger partial charge in [-0.05, 0) is 25.0 Å². The van der Waals surface area contributed by atoms with E-state index in [-0.39, 0.29) is 42.5 Å². The zero-order valence-electron chi connectivity index (χ0n) is 17.4. The Morgan fingerprint density at radius 1 is 1.00 bits per heavy atom. The van der Waals surface area contributed by atoms with E-state index in [1.807, 2.05) is 35.3 Å². The first kappa shape index (κ1) is 20.3. The van der Waals surface area contributed by atoms with E-state index in [1.165, 1.54) is 9.60 Å². The Labute approximate surface area is 185 Å². The van der Waals surface area contributed by atoms with Gasteiger partial charge in [-0.15, -0.1) is 11.3 Å². The fraction of sp³-hybridized carbons (Fsp3) is 0.478.